The maximum Gasteiger partial charge on any atom is 0.104 e. The van der Waals surface area contributed by atoms with E-state index in [0.29, 0.717) is 5.92 Å². The summed E-state index contributed by atoms with van der Waals surface area (Å²) in [6.45, 7) is 4.47. The molecule has 2 fully saturated rings. The van der Waals surface area contributed by atoms with Crippen LogP contribution >= 0.6 is 0 Å². The molecule has 7 atom stereocenters. The first-order valence-corrected chi connectivity index (χ1v) is 10.2. The molecule has 3 unspecified atom stereocenters. The maximum absolute atomic E-state index is 10.8. The van der Waals surface area contributed by atoms with E-state index in [2.05, 4.69) is 43.9 Å². The number of ether oxygens (including phenoxy) is 1. The van der Waals surface area contributed by atoms with Gasteiger partial charge in [-0.3, -0.25) is 0 Å². The fraction of sp³-hybridized carbons (Fsp3) is 0.727. The number of rotatable bonds is 1. The third kappa shape index (κ3) is 2.16. The van der Waals surface area contributed by atoms with E-state index in [1.807, 2.05) is 0 Å². The third-order valence-electron chi connectivity index (χ3n) is 7.84. The van der Waals surface area contributed by atoms with E-state index in [1.165, 1.54) is 12.6 Å². The first-order chi connectivity index (χ1) is 12.4. The molecule has 2 aliphatic heterocycles. The summed E-state index contributed by atoms with van der Waals surface area (Å²) in [6.07, 6.45) is 13.7. The Labute approximate surface area is 156 Å². The molecule has 5 rings (SSSR count). The molecule has 1 saturated heterocycles. The molecule has 2 bridgehead atoms. The molecule has 0 aromatic carbocycles. The molecule has 2 heterocycles. The fourth-order valence-corrected chi connectivity index (χ4v) is 6.45. The molecule has 0 amide bonds. The van der Waals surface area contributed by atoms with Gasteiger partial charge in [0.2, 0.25) is 0 Å². The highest BCUT2D eigenvalue weighted by atomic mass is 16.5. The van der Waals surface area contributed by atoms with E-state index in [1.54, 1.807) is 0 Å². The molecular weight excluding hydrogens is 326 g/mol. The van der Waals surface area contributed by atoms with Gasteiger partial charge in [0.25, 0.3) is 0 Å². The summed E-state index contributed by atoms with van der Waals surface area (Å²) in [4.78, 5) is 0. The Morgan fingerprint density at radius 2 is 2.04 bits per heavy atom. The zero-order valence-electron chi connectivity index (χ0n) is 16.2. The molecular formula is C22H33NO3. The first-order valence-electron chi connectivity index (χ1n) is 10.2. The topological polar surface area (TPSA) is 75.7 Å². The van der Waals surface area contributed by atoms with Crippen LogP contribution < -0.4 is 5.73 Å². The second-order valence-corrected chi connectivity index (χ2v) is 8.95. The van der Waals surface area contributed by atoms with Crippen LogP contribution in [0.4, 0.5) is 0 Å². The monoisotopic (exact) mass is 359 g/mol. The van der Waals surface area contributed by atoms with Crippen molar-refractivity contribution in [2.45, 2.75) is 75.8 Å². The van der Waals surface area contributed by atoms with E-state index in [9.17, 15) is 10.2 Å². The number of hydrogen-bond acceptors (Lipinski definition) is 4. The van der Waals surface area contributed by atoms with Crippen LogP contribution in [0.3, 0.4) is 0 Å². The molecule has 144 valence electrons. The van der Waals surface area contributed by atoms with Crippen molar-refractivity contribution in [3.63, 3.8) is 0 Å². The Kier molecular flexibility index (Phi) is 4.27. The Morgan fingerprint density at radius 3 is 2.77 bits per heavy atom. The van der Waals surface area contributed by atoms with Gasteiger partial charge < -0.3 is 20.7 Å². The van der Waals surface area contributed by atoms with Gasteiger partial charge in [0.15, 0.2) is 0 Å². The molecule has 1 saturated carbocycles. The van der Waals surface area contributed by atoms with Crippen LogP contribution in [-0.4, -0.2) is 40.7 Å². The summed E-state index contributed by atoms with van der Waals surface area (Å²) in [6, 6.07) is 0. The lowest BCUT2D eigenvalue weighted by Crippen LogP contribution is -2.57. The average Bonchev–Trinajstić information content (AvgIpc) is 3.20. The summed E-state index contributed by atoms with van der Waals surface area (Å²) in [5, 5.41) is 21.3. The van der Waals surface area contributed by atoms with Gasteiger partial charge in [0, 0.05) is 5.92 Å². The molecule has 0 aromatic heterocycles. The number of fused-ring (bicyclic) bond motifs is 1. The lowest BCUT2D eigenvalue weighted by molar-refractivity contribution is -0.161. The Morgan fingerprint density at radius 1 is 1.27 bits per heavy atom. The van der Waals surface area contributed by atoms with Crippen molar-refractivity contribution in [3.05, 3.63) is 35.5 Å². The molecule has 0 aromatic rings. The minimum atomic E-state index is -0.782. The summed E-state index contributed by atoms with van der Waals surface area (Å²) in [5.41, 5.74) is 6.38. The molecule has 26 heavy (non-hydrogen) atoms. The van der Waals surface area contributed by atoms with Gasteiger partial charge in [-0.25, -0.2) is 0 Å². The standard InChI is InChI=1S/C21H28O3.CH5N/c1-3-13-12-20-9-10-21(24-20)14(11-15(20)18(23)17(13)22)6-8-19(2)7-4-5-16(19)21;1-2/h4,6-7,11,13,16-18,22-23H,3,5,8-10,12H2,1-2H3;2H2,1H3/t13-,16?,17?,18+,19?,20+,21+;/m0./s1. The third-order valence-corrected chi connectivity index (χ3v) is 7.84. The minimum absolute atomic E-state index is 0.120. The van der Waals surface area contributed by atoms with Crippen molar-refractivity contribution in [2.24, 2.45) is 23.0 Å². The highest BCUT2D eigenvalue weighted by molar-refractivity contribution is 5.49. The largest absolute Gasteiger partial charge is 0.390 e. The van der Waals surface area contributed by atoms with Crippen molar-refractivity contribution < 1.29 is 14.9 Å². The van der Waals surface area contributed by atoms with Gasteiger partial charge >= 0.3 is 0 Å². The molecule has 4 heteroatoms. The molecule has 4 N–H and O–H groups in total. The number of hydrogen-bond donors (Lipinski definition) is 3. The zero-order chi connectivity index (χ0) is 18.7. The maximum atomic E-state index is 10.8. The lowest BCUT2D eigenvalue weighted by Gasteiger charge is -2.54. The van der Waals surface area contributed by atoms with E-state index in [0.717, 1.165) is 44.1 Å². The normalized spacial score (nSPS) is 50.7. The van der Waals surface area contributed by atoms with Crippen LogP contribution in [0.1, 0.15) is 52.4 Å². The van der Waals surface area contributed by atoms with E-state index >= 15 is 0 Å². The number of allylic oxidation sites excluding steroid dienone is 3. The van der Waals surface area contributed by atoms with E-state index < -0.39 is 12.2 Å². The highest BCUT2D eigenvalue weighted by Crippen LogP contribution is 2.65. The first kappa shape index (κ1) is 18.4. The fourth-order valence-electron chi connectivity index (χ4n) is 6.45. The van der Waals surface area contributed by atoms with Gasteiger partial charge in [0.1, 0.15) is 6.10 Å². The number of aliphatic hydroxyl groups excluding tert-OH is 2. The predicted molar refractivity (Wildman–Crippen MR) is 102 cm³/mol. The molecule has 4 nitrogen and oxygen atoms in total. The molecule has 2 spiro atoms. The SMILES string of the molecule is CC[C@H]1C[C@@]23CC[C@@]4(O2)C(=CCC2(C)C=CCC24)C=C3[C@@H](O)C1O.CN. The van der Waals surface area contributed by atoms with Gasteiger partial charge in [-0.2, -0.15) is 0 Å². The van der Waals surface area contributed by atoms with Crippen LogP contribution in [0.2, 0.25) is 0 Å². The predicted octanol–water partition coefficient (Wildman–Crippen LogP) is 2.85. The van der Waals surface area contributed by atoms with Crippen LogP contribution in [0.5, 0.6) is 0 Å². The van der Waals surface area contributed by atoms with E-state index in [-0.39, 0.29) is 22.5 Å². The summed E-state index contributed by atoms with van der Waals surface area (Å²) in [5.74, 6) is 0.626. The molecule has 3 aliphatic carbocycles. The second kappa shape index (κ2) is 6.03. The van der Waals surface area contributed by atoms with Crippen molar-refractivity contribution in [3.8, 4) is 0 Å². The van der Waals surface area contributed by atoms with E-state index in [4.69, 9.17) is 4.74 Å². The Bertz CT molecular complexity index is 683. The van der Waals surface area contributed by atoms with Crippen molar-refractivity contribution in [1.29, 1.82) is 0 Å². The molecule has 0 radical (unpaired) electrons. The van der Waals surface area contributed by atoms with Crippen LogP contribution in [0.15, 0.2) is 35.5 Å². The zero-order valence-corrected chi connectivity index (χ0v) is 16.2. The summed E-state index contributed by atoms with van der Waals surface area (Å²) < 4.78 is 6.96. The van der Waals surface area contributed by atoms with Gasteiger partial charge in [-0.1, -0.05) is 44.6 Å². The molecule has 5 aliphatic rings. The highest BCUT2D eigenvalue weighted by Gasteiger charge is 2.65. The Balaban J connectivity index is 0.000000814. The quantitative estimate of drug-likeness (QED) is 0.629. The van der Waals surface area contributed by atoms with Gasteiger partial charge in [0.05, 0.1) is 17.3 Å². The lowest BCUT2D eigenvalue weighted by atomic mass is 9.61. The van der Waals surface area contributed by atoms with Gasteiger partial charge in [-0.15, -0.1) is 0 Å². The van der Waals surface area contributed by atoms with Crippen molar-refractivity contribution in [1.82, 2.24) is 0 Å². The van der Waals surface area contributed by atoms with Crippen LogP contribution in [0.25, 0.3) is 0 Å². The van der Waals surface area contributed by atoms with Crippen LogP contribution in [0, 0.1) is 17.3 Å². The summed E-state index contributed by atoms with van der Waals surface area (Å²) in [7, 11) is 1.50. The van der Waals surface area contributed by atoms with Crippen molar-refractivity contribution in [2.75, 3.05) is 7.05 Å². The Hall–Kier alpha value is -0.940. The second-order valence-electron chi connectivity index (χ2n) is 8.95. The minimum Gasteiger partial charge on any atom is -0.390 e. The smallest absolute Gasteiger partial charge is 0.104 e. The van der Waals surface area contributed by atoms with Crippen LogP contribution in [-0.2, 0) is 4.74 Å². The van der Waals surface area contributed by atoms with Crippen molar-refractivity contribution >= 4 is 0 Å². The average molecular weight is 360 g/mol. The summed E-state index contributed by atoms with van der Waals surface area (Å²) >= 11 is 0. The number of nitrogens with two attached hydrogens (primary N) is 1. The van der Waals surface area contributed by atoms with Gasteiger partial charge in [-0.05, 0) is 61.6 Å². The number of aliphatic hydroxyl groups is 2.